The first-order valence-corrected chi connectivity index (χ1v) is 11.9. The molecule has 1 rings (SSSR count). The van der Waals surface area contributed by atoms with Gasteiger partial charge in [-0.2, -0.15) is 0 Å². The maximum absolute atomic E-state index is 12.0. The van der Waals surface area contributed by atoms with Crippen molar-refractivity contribution in [2.45, 2.75) is 65.2 Å². The highest BCUT2D eigenvalue weighted by atomic mass is 16.1. The maximum atomic E-state index is 12.0. The molecule has 0 heterocycles. The van der Waals surface area contributed by atoms with Gasteiger partial charge in [0.1, 0.15) is 0 Å². The zero-order chi connectivity index (χ0) is 24.0. The molecule has 0 fully saturated rings. The van der Waals surface area contributed by atoms with E-state index in [4.69, 9.17) is 0 Å². The number of ketones is 1. The van der Waals surface area contributed by atoms with Crippen LogP contribution in [-0.2, 0) is 4.79 Å². The minimum Gasteiger partial charge on any atom is -0.326 e. The lowest BCUT2D eigenvalue weighted by Crippen LogP contribution is -2.11. The number of rotatable bonds is 16. The van der Waals surface area contributed by atoms with E-state index < -0.39 is 0 Å². The van der Waals surface area contributed by atoms with Crippen LogP contribution in [0.2, 0.25) is 0 Å². The molecule has 0 aromatic heterocycles. The van der Waals surface area contributed by atoms with E-state index in [1.54, 1.807) is 24.3 Å². The number of hydrogen-bond acceptors (Lipinski definition) is 2. The molecule has 3 heteroatoms. The number of carbonyl (C=O) groups excluding carboxylic acids is 2. The number of allylic oxidation sites excluding steroid dienone is 12. The predicted molar refractivity (Wildman–Crippen MR) is 143 cm³/mol. The van der Waals surface area contributed by atoms with Gasteiger partial charge >= 0.3 is 0 Å². The zero-order valence-corrected chi connectivity index (χ0v) is 20.2. The molecule has 1 N–H and O–H groups in total. The Hall–Kier alpha value is -3.20. The van der Waals surface area contributed by atoms with Gasteiger partial charge in [-0.3, -0.25) is 9.59 Å². The Balaban J connectivity index is 2.07. The summed E-state index contributed by atoms with van der Waals surface area (Å²) in [6.07, 6.45) is 33.0. The van der Waals surface area contributed by atoms with Crippen molar-refractivity contribution in [2.24, 2.45) is 0 Å². The second-order valence-corrected chi connectivity index (χ2v) is 7.64. The molecule has 3 nitrogen and oxygen atoms in total. The monoisotopic (exact) mass is 445 g/mol. The summed E-state index contributed by atoms with van der Waals surface area (Å²) in [5.74, 6) is -0.0562. The fourth-order valence-electron chi connectivity index (χ4n) is 2.89. The largest absolute Gasteiger partial charge is 0.326 e. The van der Waals surface area contributed by atoms with Gasteiger partial charge in [0.05, 0.1) is 0 Å². The third-order valence-corrected chi connectivity index (χ3v) is 4.69. The van der Waals surface area contributed by atoms with Crippen LogP contribution in [0.15, 0.2) is 97.2 Å². The number of nitrogens with one attached hydrogen (secondary N) is 1. The summed E-state index contributed by atoms with van der Waals surface area (Å²) in [7, 11) is 0. The van der Waals surface area contributed by atoms with Crippen molar-refractivity contribution in [1.82, 2.24) is 0 Å². The predicted octanol–water partition coefficient (Wildman–Crippen LogP) is 8.31. The van der Waals surface area contributed by atoms with Gasteiger partial charge in [0.25, 0.3) is 0 Å². The average Bonchev–Trinajstić information content (AvgIpc) is 2.80. The molecule has 0 unspecified atom stereocenters. The van der Waals surface area contributed by atoms with Crippen LogP contribution in [0.1, 0.15) is 75.6 Å². The molecular weight excluding hydrogens is 406 g/mol. The summed E-state index contributed by atoms with van der Waals surface area (Å²) in [5.41, 5.74) is 1.26. The summed E-state index contributed by atoms with van der Waals surface area (Å²) < 4.78 is 0. The van der Waals surface area contributed by atoms with Crippen LogP contribution in [-0.4, -0.2) is 11.7 Å². The van der Waals surface area contributed by atoms with Gasteiger partial charge in [-0.25, -0.2) is 0 Å². The first-order valence-electron chi connectivity index (χ1n) is 11.9. The summed E-state index contributed by atoms with van der Waals surface area (Å²) in [5, 5.41) is 2.84. The Labute approximate surface area is 200 Å². The molecule has 1 aromatic carbocycles. The first-order chi connectivity index (χ1) is 16.1. The number of carbonyl (C=O) groups is 2. The van der Waals surface area contributed by atoms with Gasteiger partial charge in [-0.1, -0.05) is 92.0 Å². The van der Waals surface area contributed by atoms with Gasteiger partial charge in [0.15, 0.2) is 5.78 Å². The van der Waals surface area contributed by atoms with Gasteiger partial charge in [-0.15, -0.1) is 0 Å². The highest BCUT2D eigenvalue weighted by molar-refractivity contribution is 5.97. The number of anilines is 1. The average molecular weight is 446 g/mol. The van der Waals surface area contributed by atoms with Gasteiger partial charge in [0.2, 0.25) is 5.91 Å². The zero-order valence-electron chi connectivity index (χ0n) is 20.2. The van der Waals surface area contributed by atoms with E-state index >= 15 is 0 Å². The summed E-state index contributed by atoms with van der Waals surface area (Å²) >= 11 is 0. The molecule has 0 radical (unpaired) electrons. The van der Waals surface area contributed by atoms with Crippen LogP contribution in [0.3, 0.4) is 0 Å². The lowest BCUT2D eigenvalue weighted by atomic mass is 10.1. The fourth-order valence-corrected chi connectivity index (χ4v) is 2.89. The van der Waals surface area contributed by atoms with Crippen molar-refractivity contribution in [3.63, 3.8) is 0 Å². The minimum atomic E-state index is -0.0461. The van der Waals surface area contributed by atoms with E-state index in [0.29, 0.717) is 24.1 Å². The van der Waals surface area contributed by atoms with Crippen LogP contribution < -0.4 is 5.32 Å². The third-order valence-electron chi connectivity index (χ3n) is 4.69. The molecule has 33 heavy (non-hydrogen) atoms. The van der Waals surface area contributed by atoms with E-state index in [2.05, 4.69) is 79.1 Å². The summed E-state index contributed by atoms with van der Waals surface area (Å²) in [6.45, 7) is 3.67. The van der Waals surface area contributed by atoms with Crippen LogP contribution in [0.5, 0.6) is 0 Å². The molecule has 0 saturated carbocycles. The van der Waals surface area contributed by atoms with Crippen LogP contribution in [0.4, 0.5) is 5.69 Å². The molecule has 176 valence electrons. The number of Topliss-reactive ketones (excluding diaryl/α,β-unsaturated/α-hetero) is 1. The molecule has 0 aliphatic heterocycles. The van der Waals surface area contributed by atoms with E-state index in [1.807, 2.05) is 6.08 Å². The fraction of sp³-hybridized carbons (Fsp3) is 0.333. The SMILES string of the molecule is CC/C=C\C/C=C\C/C=C\C/C=C\C/C=C\C/C=C\CCC(=O)Nc1cccc(C(C)=O)c1. The quantitative estimate of drug-likeness (QED) is 0.205. The molecule has 0 saturated heterocycles. The van der Waals surface area contributed by atoms with Crippen molar-refractivity contribution < 1.29 is 9.59 Å². The van der Waals surface area contributed by atoms with Crippen molar-refractivity contribution in [3.05, 3.63) is 103 Å². The van der Waals surface area contributed by atoms with Crippen LogP contribution in [0.25, 0.3) is 0 Å². The second-order valence-electron chi connectivity index (χ2n) is 7.64. The van der Waals surface area contributed by atoms with Crippen molar-refractivity contribution in [1.29, 1.82) is 0 Å². The number of hydrogen-bond donors (Lipinski definition) is 1. The van der Waals surface area contributed by atoms with Crippen LogP contribution >= 0.6 is 0 Å². The van der Waals surface area contributed by atoms with Gasteiger partial charge in [0, 0.05) is 17.7 Å². The highest BCUT2D eigenvalue weighted by Crippen LogP contribution is 2.12. The maximum Gasteiger partial charge on any atom is 0.224 e. The van der Waals surface area contributed by atoms with Gasteiger partial charge in [-0.05, 0) is 64.0 Å². The molecular formula is C30H39NO2. The Bertz CT molecular complexity index is 869. The Morgan fingerprint density at radius 3 is 1.70 bits per heavy atom. The molecule has 1 amide bonds. The summed E-state index contributed by atoms with van der Waals surface area (Å²) in [4.78, 5) is 23.4. The highest BCUT2D eigenvalue weighted by Gasteiger charge is 2.03. The Morgan fingerprint density at radius 1 is 0.727 bits per heavy atom. The van der Waals surface area contributed by atoms with Crippen molar-refractivity contribution in [3.8, 4) is 0 Å². The third kappa shape index (κ3) is 16.1. The van der Waals surface area contributed by atoms with Crippen LogP contribution in [0, 0.1) is 0 Å². The molecule has 0 aliphatic rings. The van der Waals surface area contributed by atoms with Crippen molar-refractivity contribution >= 4 is 17.4 Å². The number of benzene rings is 1. The van der Waals surface area contributed by atoms with E-state index in [9.17, 15) is 9.59 Å². The van der Waals surface area contributed by atoms with Gasteiger partial charge < -0.3 is 5.32 Å². The number of amides is 1. The van der Waals surface area contributed by atoms with E-state index in [1.165, 1.54) is 6.92 Å². The van der Waals surface area contributed by atoms with Crippen molar-refractivity contribution in [2.75, 3.05) is 5.32 Å². The molecule has 0 bridgehead atoms. The normalized spacial score (nSPS) is 12.4. The van der Waals surface area contributed by atoms with E-state index in [-0.39, 0.29) is 11.7 Å². The molecule has 0 atom stereocenters. The Morgan fingerprint density at radius 2 is 1.21 bits per heavy atom. The molecule has 0 spiro atoms. The van der Waals surface area contributed by atoms with E-state index in [0.717, 1.165) is 38.5 Å². The summed E-state index contributed by atoms with van der Waals surface area (Å²) in [6, 6.07) is 7.02. The molecule has 1 aromatic rings. The topological polar surface area (TPSA) is 46.2 Å². The lowest BCUT2D eigenvalue weighted by Gasteiger charge is -2.05. The Kier molecular flexibility index (Phi) is 16.4. The second kappa shape index (κ2) is 19.5. The standard InChI is InChI=1S/C30H39NO2/c1-3-4-5-6-7-8-9-10-11-12-13-14-15-16-17-18-19-20-21-25-30(33)31-29-24-22-23-28(26-29)27(2)32/h4-5,7-8,10-11,13-14,16-17,19-20,22-24,26H,3,6,9,12,15,18,21,25H2,1-2H3,(H,31,33)/b5-4-,8-7-,11-10-,14-13-,17-16-,20-19-. The smallest absolute Gasteiger partial charge is 0.224 e. The minimum absolute atomic E-state index is 0.0101. The molecule has 0 aliphatic carbocycles. The first kappa shape index (κ1) is 27.8. The lowest BCUT2D eigenvalue weighted by molar-refractivity contribution is -0.116.